The molecular formula is C14H19BrN2OS. The summed E-state index contributed by atoms with van der Waals surface area (Å²) in [4.78, 5) is 0.423. The standard InChI is InChI=1S/C14H19BrN2OS/c1-14(4-6-18-7-5-14)9-17-12-8-10(15)2-3-11(12)13(16)19/h2-3,8,17H,4-7,9H2,1H3,(H2,16,19). The Morgan fingerprint density at radius 1 is 1.47 bits per heavy atom. The van der Waals surface area contributed by atoms with Crippen molar-refractivity contribution in [2.45, 2.75) is 19.8 Å². The average molecular weight is 343 g/mol. The zero-order valence-corrected chi connectivity index (χ0v) is 13.4. The summed E-state index contributed by atoms with van der Waals surface area (Å²) in [6.45, 7) is 4.89. The van der Waals surface area contributed by atoms with E-state index in [0.717, 1.165) is 48.3 Å². The van der Waals surface area contributed by atoms with E-state index in [1.165, 1.54) is 0 Å². The van der Waals surface area contributed by atoms with Crippen LogP contribution in [0.15, 0.2) is 22.7 Å². The van der Waals surface area contributed by atoms with Crippen LogP contribution in [0.3, 0.4) is 0 Å². The smallest absolute Gasteiger partial charge is 0.106 e. The SMILES string of the molecule is CC1(CNc2cc(Br)ccc2C(N)=S)CCOCC1. The van der Waals surface area contributed by atoms with Crippen molar-refractivity contribution >= 4 is 38.8 Å². The lowest BCUT2D eigenvalue weighted by Crippen LogP contribution is -2.33. The molecular weight excluding hydrogens is 324 g/mol. The molecule has 0 aromatic heterocycles. The van der Waals surface area contributed by atoms with Crippen LogP contribution in [0.4, 0.5) is 5.69 Å². The second-order valence-corrected chi connectivity index (χ2v) is 6.69. The minimum Gasteiger partial charge on any atom is -0.389 e. The van der Waals surface area contributed by atoms with Crippen molar-refractivity contribution < 1.29 is 4.74 Å². The molecule has 0 saturated carbocycles. The summed E-state index contributed by atoms with van der Waals surface area (Å²) in [5, 5.41) is 3.49. The molecule has 0 spiro atoms. The maximum absolute atomic E-state index is 5.76. The fourth-order valence-corrected chi connectivity index (χ4v) is 2.77. The van der Waals surface area contributed by atoms with Crippen molar-refractivity contribution in [3.63, 3.8) is 0 Å². The first-order valence-corrected chi connectivity index (χ1v) is 7.61. The summed E-state index contributed by atoms with van der Waals surface area (Å²) in [7, 11) is 0. The van der Waals surface area contributed by atoms with Crippen molar-refractivity contribution in [1.29, 1.82) is 0 Å². The molecule has 0 amide bonds. The quantitative estimate of drug-likeness (QED) is 0.824. The molecule has 0 aliphatic carbocycles. The van der Waals surface area contributed by atoms with Crippen LogP contribution in [0, 0.1) is 5.41 Å². The lowest BCUT2D eigenvalue weighted by Gasteiger charge is -2.34. The molecule has 1 aromatic rings. The van der Waals surface area contributed by atoms with Gasteiger partial charge >= 0.3 is 0 Å². The van der Waals surface area contributed by atoms with Gasteiger partial charge in [-0.1, -0.05) is 35.1 Å². The fourth-order valence-electron chi connectivity index (χ4n) is 2.23. The highest BCUT2D eigenvalue weighted by Crippen LogP contribution is 2.31. The molecule has 2 rings (SSSR count). The Balaban J connectivity index is 2.10. The zero-order valence-electron chi connectivity index (χ0n) is 11.0. The van der Waals surface area contributed by atoms with E-state index in [0.29, 0.717) is 4.99 Å². The van der Waals surface area contributed by atoms with Gasteiger partial charge in [-0.05, 0) is 36.5 Å². The first-order valence-electron chi connectivity index (χ1n) is 6.41. The molecule has 3 N–H and O–H groups in total. The third-order valence-electron chi connectivity index (χ3n) is 3.65. The Hall–Kier alpha value is -0.650. The number of nitrogens with two attached hydrogens (primary N) is 1. The number of hydrogen-bond donors (Lipinski definition) is 2. The molecule has 1 fully saturated rings. The molecule has 104 valence electrons. The highest BCUT2D eigenvalue weighted by atomic mass is 79.9. The molecule has 0 unspecified atom stereocenters. The van der Waals surface area contributed by atoms with Crippen LogP contribution in [0.1, 0.15) is 25.3 Å². The molecule has 0 bridgehead atoms. The lowest BCUT2D eigenvalue weighted by atomic mass is 9.82. The predicted octanol–water partition coefficient (Wildman–Crippen LogP) is 3.31. The van der Waals surface area contributed by atoms with Crippen LogP contribution in [-0.2, 0) is 4.74 Å². The van der Waals surface area contributed by atoms with Gasteiger partial charge in [0.2, 0.25) is 0 Å². The molecule has 19 heavy (non-hydrogen) atoms. The first-order chi connectivity index (χ1) is 9.00. The number of hydrogen-bond acceptors (Lipinski definition) is 3. The number of benzene rings is 1. The van der Waals surface area contributed by atoms with Crippen LogP contribution in [0.25, 0.3) is 0 Å². The first kappa shape index (κ1) is 14.8. The summed E-state index contributed by atoms with van der Waals surface area (Å²) in [5.74, 6) is 0. The predicted molar refractivity (Wildman–Crippen MR) is 86.7 cm³/mol. The summed E-state index contributed by atoms with van der Waals surface area (Å²) in [5.41, 5.74) is 7.93. The van der Waals surface area contributed by atoms with Gasteiger partial charge in [-0.3, -0.25) is 0 Å². The van der Waals surface area contributed by atoms with Gasteiger partial charge in [-0.2, -0.15) is 0 Å². The van der Waals surface area contributed by atoms with Gasteiger partial charge in [0.25, 0.3) is 0 Å². The normalized spacial score (nSPS) is 18.0. The van der Waals surface area contributed by atoms with Crippen molar-refractivity contribution in [1.82, 2.24) is 0 Å². The van der Waals surface area contributed by atoms with Crippen LogP contribution >= 0.6 is 28.1 Å². The highest BCUT2D eigenvalue weighted by molar-refractivity contribution is 9.10. The Morgan fingerprint density at radius 3 is 2.79 bits per heavy atom. The molecule has 1 saturated heterocycles. The molecule has 1 aliphatic heterocycles. The Labute approximate surface area is 128 Å². The molecule has 0 atom stereocenters. The van der Waals surface area contributed by atoms with Gasteiger partial charge in [0.05, 0.1) is 0 Å². The van der Waals surface area contributed by atoms with Crippen molar-refractivity contribution in [2.24, 2.45) is 11.1 Å². The second-order valence-electron chi connectivity index (χ2n) is 5.33. The minimum absolute atomic E-state index is 0.272. The summed E-state index contributed by atoms with van der Waals surface area (Å²) in [6, 6.07) is 5.92. The van der Waals surface area contributed by atoms with E-state index < -0.39 is 0 Å². The maximum Gasteiger partial charge on any atom is 0.106 e. The van der Waals surface area contributed by atoms with Gasteiger partial charge in [0.1, 0.15) is 4.99 Å². The number of anilines is 1. The third-order valence-corrected chi connectivity index (χ3v) is 4.37. The van der Waals surface area contributed by atoms with Crippen molar-refractivity contribution in [2.75, 3.05) is 25.1 Å². The summed E-state index contributed by atoms with van der Waals surface area (Å²) >= 11 is 8.57. The second kappa shape index (κ2) is 6.20. The van der Waals surface area contributed by atoms with Gasteiger partial charge in [0, 0.05) is 35.5 Å². The van der Waals surface area contributed by atoms with Gasteiger partial charge < -0.3 is 15.8 Å². The molecule has 1 aliphatic rings. The summed E-state index contributed by atoms with van der Waals surface area (Å²) < 4.78 is 6.44. The van der Waals surface area contributed by atoms with E-state index >= 15 is 0 Å². The van der Waals surface area contributed by atoms with E-state index in [1.807, 2.05) is 18.2 Å². The van der Waals surface area contributed by atoms with Gasteiger partial charge in [0.15, 0.2) is 0 Å². The van der Waals surface area contributed by atoms with Crippen LogP contribution in [0.2, 0.25) is 0 Å². The Kier molecular flexibility index (Phi) is 4.81. The van der Waals surface area contributed by atoms with Gasteiger partial charge in [-0.15, -0.1) is 0 Å². The number of ether oxygens (including phenoxy) is 1. The topological polar surface area (TPSA) is 47.3 Å². The van der Waals surface area contributed by atoms with E-state index in [9.17, 15) is 0 Å². The molecule has 1 aromatic carbocycles. The molecule has 5 heteroatoms. The number of halogens is 1. The third kappa shape index (κ3) is 3.91. The number of nitrogens with one attached hydrogen (secondary N) is 1. The van der Waals surface area contributed by atoms with Crippen molar-refractivity contribution in [3.05, 3.63) is 28.2 Å². The average Bonchev–Trinajstić information content (AvgIpc) is 2.37. The highest BCUT2D eigenvalue weighted by Gasteiger charge is 2.27. The Bertz CT molecular complexity index is 473. The fraction of sp³-hybridized carbons (Fsp3) is 0.500. The van der Waals surface area contributed by atoms with Crippen LogP contribution in [0.5, 0.6) is 0 Å². The molecule has 0 radical (unpaired) electrons. The zero-order chi connectivity index (χ0) is 13.9. The van der Waals surface area contributed by atoms with E-state index in [2.05, 4.69) is 28.2 Å². The van der Waals surface area contributed by atoms with Gasteiger partial charge in [-0.25, -0.2) is 0 Å². The Morgan fingerprint density at radius 2 is 2.16 bits per heavy atom. The monoisotopic (exact) mass is 342 g/mol. The number of thiocarbonyl (C=S) groups is 1. The minimum atomic E-state index is 0.272. The van der Waals surface area contributed by atoms with Crippen LogP contribution < -0.4 is 11.1 Å². The van der Waals surface area contributed by atoms with E-state index in [-0.39, 0.29) is 5.41 Å². The maximum atomic E-state index is 5.76. The van der Waals surface area contributed by atoms with Crippen molar-refractivity contribution in [3.8, 4) is 0 Å². The van der Waals surface area contributed by atoms with Crippen LogP contribution in [-0.4, -0.2) is 24.7 Å². The van der Waals surface area contributed by atoms with E-state index in [4.69, 9.17) is 22.7 Å². The molecule has 1 heterocycles. The summed E-state index contributed by atoms with van der Waals surface area (Å²) in [6.07, 6.45) is 2.16. The number of rotatable bonds is 4. The largest absolute Gasteiger partial charge is 0.389 e. The van der Waals surface area contributed by atoms with E-state index in [1.54, 1.807) is 0 Å². The molecule has 3 nitrogen and oxygen atoms in total. The lowest BCUT2D eigenvalue weighted by molar-refractivity contribution is 0.0300.